The van der Waals surface area contributed by atoms with Crippen molar-refractivity contribution in [2.24, 2.45) is 5.73 Å². The van der Waals surface area contributed by atoms with Crippen molar-refractivity contribution in [3.05, 3.63) is 39.4 Å². The van der Waals surface area contributed by atoms with Gasteiger partial charge >= 0.3 is 0 Å². The molecule has 92 valence electrons. The Morgan fingerprint density at radius 2 is 2.24 bits per heavy atom. The van der Waals surface area contributed by atoms with E-state index in [-0.39, 0.29) is 10.6 Å². The highest BCUT2D eigenvalue weighted by molar-refractivity contribution is 5.49. The molecule has 0 heterocycles. The molecule has 0 unspecified atom stereocenters. The third-order valence-corrected chi connectivity index (χ3v) is 3.56. The van der Waals surface area contributed by atoms with E-state index in [0.717, 1.165) is 5.56 Å². The van der Waals surface area contributed by atoms with Crippen LogP contribution in [0.2, 0.25) is 0 Å². The molecule has 1 saturated carbocycles. The molecule has 2 rings (SSSR count). The molecule has 0 atom stereocenters. The average molecular weight is 236 g/mol. The number of benzene rings is 1. The molecule has 1 aliphatic carbocycles. The van der Waals surface area contributed by atoms with Crippen molar-refractivity contribution in [3.63, 3.8) is 0 Å². The van der Waals surface area contributed by atoms with Crippen LogP contribution < -0.4 is 5.73 Å². The molecular weight excluding hydrogens is 220 g/mol. The van der Waals surface area contributed by atoms with Gasteiger partial charge < -0.3 is 10.8 Å². The van der Waals surface area contributed by atoms with Crippen LogP contribution in [-0.4, -0.2) is 22.7 Å². The minimum Gasteiger partial charge on any atom is -0.393 e. The summed E-state index contributed by atoms with van der Waals surface area (Å²) in [7, 11) is 0. The minimum atomic E-state index is -0.423. The molecule has 1 aromatic carbocycles. The Bertz CT molecular complexity index is 453. The molecule has 17 heavy (non-hydrogen) atoms. The first-order valence-electron chi connectivity index (χ1n) is 5.62. The van der Waals surface area contributed by atoms with Gasteiger partial charge in [-0.1, -0.05) is 11.6 Å². The standard InChI is InChI=1S/C12H16N2O3/c1-8-2-3-11(14(16)17)10(4-8)12(7-13)5-9(15)6-12/h2-4,9,15H,5-7,13H2,1H3. The summed E-state index contributed by atoms with van der Waals surface area (Å²) in [5, 5.41) is 20.5. The maximum Gasteiger partial charge on any atom is 0.273 e. The number of nitro benzene ring substituents is 1. The number of hydrogen-bond donors (Lipinski definition) is 2. The van der Waals surface area contributed by atoms with Gasteiger partial charge in [0.1, 0.15) is 0 Å². The number of rotatable bonds is 3. The lowest BCUT2D eigenvalue weighted by Gasteiger charge is -2.44. The zero-order valence-corrected chi connectivity index (χ0v) is 9.72. The number of nitrogens with two attached hydrogens (primary N) is 1. The average Bonchev–Trinajstić information content (AvgIpc) is 2.24. The normalized spacial score (nSPS) is 27.6. The number of aliphatic hydroxyl groups excluding tert-OH is 1. The van der Waals surface area contributed by atoms with Crippen molar-refractivity contribution in [2.75, 3.05) is 6.54 Å². The van der Waals surface area contributed by atoms with Crippen LogP contribution in [-0.2, 0) is 5.41 Å². The van der Waals surface area contributed by atoms with Gasteiger partial charge in [-0.2, -0.15) is 0 Å². The van der Waals surface area contributed by atoms with Crippen LogP contribution in [0.5, 0.6) is 0 Å². The second-order valence-electron chi connectivity index (χ2n) is 4.82. The van der Waals surface area contributed by atoms with Crippen molar-refractivity contribution in [1.82, 2.24) is 0 Å². The molecule has 0 aromatic heterocycles. The fourth-order valence-corrected chi connectivity index (χ4v) is 2.57. The van der Waals surface area contributed by atoms with Gasteiger partial charge in [-0.3, -0.25) is 10.1 Å². The summed E-state index contributed by atoms with van der Waals surface area (Å²) in [6, 6.07) is 5.06. The highest BCUT2D eigenvalue weighted by Crippen LogP contribution is 2.46. The molecule has 0 spiro atoms. The third-order valence-electron chi connectivity index (χ3n) is 3.56. The van der Waals surface area contributed by atoms with Gasteiger partial charge in [-0.25, -0.2) is 0 Å². The van der Waals surface area contributed by atoms with E-state index in [0.29, 0.717) is 24.9 Å². The SMILES string of the molecule is Cc1ccc([N+](=O)[O-])c(C2(CN)CC(O)C2)c1. The molecule has 0 bridgehead atoms. The van der Waals surface area contributed by atoms with Gasteiger partial charge in [0.2, 0.25) is 0 Å². The van der Waals surface area contributed by atoms with Gasteiger partial charge in [0.15, 0.2) is 0 Å². The molecule has 0 amide bonds. The summed E-state index contributed by atoms with van der Waals surface area (Å²) in [4.78, 5) is 10.6. The lowest BCUT2D eigenvalue weighted by atomic mass is 9.62. The summed E-state index contributed by atoms with van der Waals surface area (Å²) in [5.41, 5.74) is 7.06. The topological polar surface area (TPSA) is 89.4 Å². The lowest BCUT2D eigenvalue weighted by Crippen LogP contribution is -2.50. The van der Waals surface area contributed by atoms with Crippen molar-refractivity contribution in [3.8, 4) is 0 Å². The number of hydrogen-bond acceptors (Lipinski definition) is 4. The first-order valence-corrected chi connectivity index (χ1v) is 5.62. The number of aryl methyl sites for hydroxylation is 1. The predicted octanol–water partition coefficient (Wildman–Crippen LogP) is 1.25. The molecule has 5 nitrogen and oxygen atoms in total. The fraction of sp³-hybridized carbons (Fsp3) is 0.500. The molecule has 0 radical (unpaired) electrons. The van der Waals surface area contributed by atoms with E-state index in [1.165, 1.54) is 6.07 Å². The van der Waals surface area contributed by atoms with E-state index >= 15 is 0 Å². The number of nitrogens with zero attached hydrogens (tertiary/aromatic N) is 1. The fourth-order valence-electron chi connectivity index (χ4n) is 2.57. The minimum absolute atomic E-state index is 0.105. The first kappa shape index (κ1) is 12.0. The maximum atomic E-state index is 11.0. The molecule has 1 aliphatic rings. The highest BCUT2D eigenvalue weighted by Gasteiger charge is 2.47. The van der Waals surface area contributed by atoms with E-state index in [4.69, 9.17) is 5.73 Å². The highest BCUT2D eigenvalue weighted by atomic mass is 16.6. The molecule has 1 fully saturated rings. The molecule has 3 N–H and O–H groups in total. The third kappa shape index (κ3) is 1.92. The van der Waals surface area contributed by atoms with Gasteiger partial charge in [0, 0.05) is 23.6 Å². The van der Waals surface area contributed by atoms with Gasteiger partial charge in [0.05, 0.1) is 11.0 Å². The molecule has 0 saturated heterocycles. The summed E-state index contributed by atoms with van der Waals surface area (Å²) in [6.07, 6.45) is 0.625. The number of nitro groups is 1. The molecule has 5 heteroatoms. The second-order valence-corrected chi connectivity index (χ2v) is 4.82. The monoisotopic (exact) mass is 236 g/mol. The van der Waals surface area contributed by atoms with E-state index < -0.39 is 11.5 Å². The predicted molar refractivity (Wildman–Crippen MR) is 63.8 cm³/mol. The first-order chi connectivity index (χ1) is 7.98. The zero-order valence-electron chi connectivity index (χ0n) is 9.72. The van der Waals surface area contributed by atoms with Gasteiger partial charge in [-0.15, -0.1) is 0 Å². The van der Waals surface area contributed by atoms with Gasteiger partial charge in [-0.05, 0) is 25.8 Å². The largest absolute Gasteiger partial charge is 0.393 e. The summed E-state index contributed by atoms with van der Waals surface area (Å²) >= 11 is 0. The van der Waals surface area contributed by atoms with Crippen molar-refractivity contribution < 1.29 is 10.0 Å². The van der Waals surface area contributed by atoms with Crippen molar-refractivity contribution in [2.45, 2.75) is 31.3 Å². The number of aliphatic hydroxyl groups is 1. The zero-order chi connectivity index (χ0) is 12.6. The van der Waals surface area contributed by atoms with E-state index in [1.54, 1.807) is 6.07 Å². The lowest BCUT2D eigenvalue weighted by molar-refractivity contribution is -0.386. The second kappa shape index (κ2) is 4.09. The Labute approximate surface area is 99.4 Å². The summed E-state index contributed by atoms with van der Waals surface area (Å²) < 4.78 is 0. The maximum absolute atomic E-state index is 11.0. The van der Waals surface area contributed by atoms with Crippen LogP contribution in [0.15, 0.2) is 18.2 Å². The van der Waals surface area contributed by atoms with Crippen LogP contribution in [0.25, 0.3) is 0 Å². The Morgan fingerprint density at radius 3 is 2.71 bits per heavy atom. The van der Waals surface area contributed by atoms with Crippen LogP contribution in [0, 0.1) is 17.0 Å². The van der Waals surface area contributed by atoms with Crippen LogP contribution in [0.1, 0.15) is 24.0 Å². The van der Waals surface area contributed by atoms with Crippen molar-refractivity contribution >= 4 is 5.69 Å². The Kier molecular flexibility index (Phi) is 2.89. The van der Waals surface area contributed by atoms with E-state index in [9.17, 15) is 15.2 Å². The summed E-state index contributed by atoms with van der Waals surface area (Å²) in [5.74, 6) is 0. The quantitative estimate of drug-likeness (QED) is 0.610. The Hall–Kier alpha value is -1.46. The van der Waals surface area contributed by atoms with E-state index in [2.05, 4.69) is 0 Å². The molecular formula is C12H16N2O3. The van der Waals surface area contributed by atoms with E-state index in [1.807, 2.05) is 13.0 Å². The van der Waals surface area contributed by atoms with Crippen LogP contribution in [0.4, 0.5) is 5.69 Å². The van der Waals surface area contributed by atoms with Gasteiger partial charge in [0.25, 0.3) is 5.69 Å². The smallest absolute Gasteiger partial charge is 0.273 e. The van der Waals surface area contributed by atoms with Crippen LogP contribution >= 0.6 is 0 Å². The Morgan fingerprint density at radius 1 is 1.59 bits per heavy atom. The molecule has 0 aliphatic heterocycles. The molecule has 1 aromatic rings. The van der Waals surface area contributed by atoms with Crippen LogP contribution in [0.3, 0.4) is 0 Å². The Balaban J connectivity index is 2.49. The van der Waals surface area contributed by atoms with Crippen molar-refractivity contribution in [1.29, 1.82) is 0 Å². The summed E-state index contributed by atoms with van der Waals surface area (Å²) in [6.45, 7) is 2.22.